The summed E-state index contributed by atoms with van der Waals surface area (Å²) < 4.78 is 26.8. The molecular formula is C18H19ClN4O2S. The Bertz CT molecular complexity index is 1060. The standard InChI is InChI=1S/C18H19ClN4O2S/c1-26(24,25)20-10-12-4-6-14(7-5-12)15-8-9-16-18(17(15)19)21-22-23(16)11-13-2-3-13/h4-9,13,20H,2-3,10-11H2,1H3. The van der Waals surface area contributed by atoms with E-state index in [2.05, 4.69) is 15.0 Å². The molecule has 0 radical (unpaired) electrons. The van der Waals surface area contributed by atoms with Gasteiger partial charge in [0.1, 0.15) is 5.52 Å². The fraction of sp³-hybridized carbons (Fsp3) is 0.333. The quantitative estimate of drug-likeness (QED) is 0.701. The minimum Gasteiger partial charge on any atom is -0.244 e. The van der Waals surface area contributed by atoms with Crippen LogP contribution in [0.5, 0.6) is 0 Å². The lowest BCUT2D eigenvalue weighted by molar-refractivity contribution is 0.559. The molecule has 1 saturated carbocycles. The van der Waals surface area contributed by atoms with Gasteiger partial charge < -0.3 is 0 Å². The molecule has 1 N–H and O–H groups in total. The number of benzene rings is 2. The Morgan fingerprint density at radius 2 is 1.92 bits per heavy atom. The Kier molecular flexibility index (Phi) is 4.46. The zero-order valence-electron chi connectivity index (χ0n) is 14.3. The number of nitrogens with one attached hydrogen (secondary N) is 1. The van der Waals surface area contributed by atoms with E-state index in [1.54, 1.807) is 0 Å². The molecule has 0 bridgehead atoms. The molecule has 1 aliphatic carbocycles. The first-order valence-corrected chi connectivity index (χ1v) is 10.7. The highest BCUT2D eigenvalue weighted by Gasteiger charge is 2.23. The molecule has 0 spiro atoms. The van der Waals surface area contributed by atoms with Crippen molar-refractivity contribution in [3.05, 3.63) is 47.0 Å². The lowest BCUT2D eigenvalue weighted by atomic mass is 10.0. The van der Waals surface area contributed by atoms with Crippen LogP contribution in [-0.4, -0.2) is 29.7 Å². The van der Waals surface area contributed by atoms with E-state index < -0.39 is 10.0 Å². The van der Waals surface area contributed by atoms with Gasteiger partial charge in [-0.2, -0.15) is 0 Å². The van der Waals surface area contributed by atoms with Gasteiger partial charge in [0.2, 0.25) is 10.0 Å². The summed E-state index contributed by atoms with van der Waals surface area (Å²) in [7, 11) is -3.21. The lowest BCUT2D eigenvalue weighted by Gasteiger charge is -2.08. The molecule has 6 nitrogen and oxygen atoms in total. The fourth-order valence-corrected chi connectivity index (χ4v) is 3.66. The summed E-state index contributed by atoms with van der Waals surface area (Å²) in [6.07, 6.45) is 3.66. The zero-order valence-corrected chi connectivity index (χ0v) is 15.9. The predicted molar refractivity (Wildman–Crippen MR) is 102 cm³/mol. The van der Waals surface area contributed by atoms with Gasteiger partial charge in [0.05, 0.1) is 16.8 Å². The molecule has 0 amide bonds. The molecule has 1 fully saturated rings. The van der Waals surface area contributed by atoms with E-state index in [0.717, 1.165) is 35.0 Å². The topological polar surface area (TPSA) is 76.9 Å². The van der Waals surface area contributed by atoms with Crippen LogP contribution < -0.4 is 4.72 Å². The van der Waals surface area contributed by atoms with Crippen LogP contribution in [0.25, 0.3) is 22.2 Å². The van der Waals surface area contributed by atoms with E-state index in [1.807, 2.05) is 41.1 Å². The summed E-state index contributed by atoms with van der Waals surface area (Å²) in [6, 6.07) is 11.6. The predicted octanol–water partition coefficient (Wildman–Crippen LogP) is 3.21. The highest BCUT2D eigenvalue weighted by molar-refractivity contribution is 7.88. The van der Waals surface area contributed by atoms with Crippen molar-refractivity contribution in [2.45, 2.75) is 25.9 Å². The molecule has 1 heterocycles. The van der Waals surface area contributed by atoms with Crippen molar-refractivity contribution in [2.75, 3.05) is 6.26 Å². The minimum atomic E-state index is -3.21. The lowest BCUT2D eigenvalue weighted by Crippen LogP contribution is -2.21. The van der Waals surface area contributed by atoms with Crippen LogP contribution >= 0.6 is 11.6 Å². The van der Waals surface area contributed by atoms with Gasteiger partial charge in [-0.3, -0.25) is 0 Å². The Morgan fingerprint density at radius 1 is 1.19 bits per heavy atom. The Morgan fingerprint density at radius 3 is 2.58 bits per heavy atom. The molecule has 0 unspecified atom stereocenters. The van der Waals surface area contributed by atoms with Crippen molar-refractivity contribution in [1.82, 2.24) is 19.7 Å². The Balaban J connectivity index is 1.60. The van der Waals surface area contributed by atoms with E-state index in [9.17, 15) is 8.42 Å². The monoisotopic (exact) mass is 390 g/mol. The highest BCUT2D eigenvalue weighted by Crippen LogP contribution is 2.35. The molecule has 0 atom stereocenters. The number of halogens is 1. The van der Waals surface area contributed by atoms with Gasteiger partial charge in [0, 0.05) is 18.7 Å². The minimum absolute atomic E-state index is 0.265. The SMILES string of the molecule is CS(=O)(=O)NCc1ccc(-c2ccc3c(nnn3CC3CC3)c2Cl)cc1. The summed E-state index contributed by atoms with van der Waals surface area (Å²) in [5.74, 6) is 0.714. The number of sulfonamides is 1. The second kappa shape index (κ2) is 6.64. The number of hydrogen-bond donors (Lipinski definition) is 1. The summed E-state index contributed by atoms with van der Waals surface area (Å²) >= 11 is 6.59. The first-order chi connectivity index (χ1) is 12.4. The largest absolute Gasteiger partial charge is 0.244 e. The zero-order chi connectivity index (χ0) is 18.3. The number of aromatic nitrogens is 3. The third-order valence-corrected chi connectivity index (χ3v) is 5.61. The number of nitrogens with zero attached hydrogens (tertiary/aromatic N) is 3. The average molecular weight is 391 g/mol. The number of rotatable bonds is 6. The van der Waals surface area contributed by atoms with Gasteiger partial charge in [-0.1, -0.05) is 47.1 Å². The second-order valence-corrected chi connectivity index (χ2v) is 9.01. The molecular weight excluding hydrogens is 372 g/mol. The molecule has 136 valence electrons. The fourth-order valence-electron chi connectivity index (χ4n) is 2.92. The van der Waals surface area contributed by atoms with Crippen LogP contribution in [-0.2, 0) is 23.1 Å². The van der Waals surface area contributed by atoms with Gasteiger partial charge in [-0.25, -0.2) is 17.8 Å². The molecule has 1 aromatic heterocycles. The molecule has 3 aromatic rings. The van der Waals surface area contributed by atoms with Gasteiger partial charge >= 0.3 is 0 Å². The molecule has 0 aliphatic heterocycles. The maximum absolute atomic E-state index is 11.2. The summed E-state index contributed by atoms with van der Waals surface area (Å²) in [5.41, 5.74) is 4.40. The van der Waals surface area contributed by atoms with E-state index in [1.165, 1.54) is 12.8 Å². The third kappa shape index (κ3) is 3.75. The molecule has 2 aromatic carbocycles. The molecule has 1 aliphatic rings. The molecule has 8 heteroatoms. The third-order valence-electron chi connectivity index (χ3n) is 4.56. The van der Waals surface area contributed by atoms with Crippen molar-refractivity contribution in [1.29, 1.82) is 0 Å². The van der Waals surface area contributed by atoms with Crippen molar-refractivity contribution < 1.29 is 8.42 Å². The normalized spacial score (nSPS) is 14.8. The van der Waals surface area contributed by atoms with Gasteiger partial charge in [0.15, 0.2) is 0 Å². The molecule has 26 heavy (non-hydrogen) atoms. The Labute approximate surface area is 157 Å². The van der Waals surface area contributed by atoms with E-state index in [4.69, 9.17) is 11.6 Å². The molecule has 0 saturated heterocycles. The van der Waals surface area contributed by atoms with Crippen molar-refractivity contribution in [2.24, 2.45) is 5.92 Å². The summed E-state index contributed by atoms with van der Waals surface area (Å²) in [6.45, 7) is 1.16. The van der Waals surface area contributed by atoms with Crippen molar-refractivity contribution >= 4 is 32.7 Å². The first-order valence-electron chi connectivity index (χ1n) is 8.46. The summed E-state index contributed by atoms with van der Waals surface area (Å²) in [4.78, 5) is 0. The number of fused-ring (bicyclic) bond motifs is 1. The second-order valence-electron chi connectivity index (χ2n) is 6.80. The van der Waals surface area contributed by atoms with Crippen LogP contribution in [0.3, 0.4) is 0 Å². The summed E-state index contributed by atoms with van der Waals surface area (Å²) in [5, 5.41) is 9.10. The van der Waals surface area contributed by atoms with Crippen molar-refractivity contribution in [3.8, 4) is 11.1 Å². The van der Waals surface area contributed by atoms with Gasteiger partial charge in [0.25, 0.3) is 0 Å². The van der Waals surface area contributed by atoms with Crippen LogP contribution in [0.4, 0.5) is 0 Å². The van der Waals surface area contributed by atoms with Crippen LogP contribution in [0.15, 0.2) is 36.4 Å². The average Bonchev–Trinajstić information content (AvgIpc) is 3.32. The number of hydrogen-bond acceptors (Lipinski definition) is 4. The van der Waals surface area contributed by atoms with E-state index in [-0.39, 0.29) is 6.54 Å². The first kappa shape index (κ1) is 17.5. The maximum atomic E-state index is 11.2. The van der Waals surface area contributed by atoms with Crippen molar-refractivity contribution in [3.63, 3.8) is 0 Å². The van der Waals surface area contributed by atoms with E-state index in [0.29, 0.717) is 16.5 Å². The highest BCUT2D eigenvalue weighted by atomic mass is 35.5. The smallest absolute Gasteiger partial charge is 0.209 e. The van der Waals surface area contributed by atoms with Gasteiger partial charge in [-0.15, -0.1) is 5.10 Å². The molecule has 4 rings (SSSR count). The Hall–Kier alpha value is -1.96. The van der Waals surface area contributed by atoms with Crippen LogP contribution in [0, 0.1) is 5.92 Å². The van der Waals surface area contributed by atoms with E-state index >= 15 is 0 Å². The van der Waals surface area contributed by atoms with Crippen LogP contribution in [0.2, 0.25) is 5.02 Å². The van der Waals surface area contributed by atoms with Crippen LogP contribution in [0.1, 0.15) is 18.4 Å². The van der Waals surface area contributed by atoms with Gasteiger partial charge in [-0.05, 0) is 36.0 Å². The maximum Gasteiger partial charge on any atom is 0.209 e.